The summed E-state index contributed by atoms with van der Waals surface area (Å²) in [5.74, 6) is -1.80. The van der Waals surface area contributed by atoms with Crippen molar-refractivity contribution >= 4 is 29.1 Å². The molecule has 39 heavy (non-hydrogen) atoms. The summed E-state index contributed by atoms with van der Waals surface area (Å²) < 4.78 is 10.5. The maximum Gasteiger partial charge on any atom is 0.310 e. The van der Waals surface area contributed by atoms with Crippen molar-refractivity contribution < 1.29 is 29.0 Å². The molecule has 202 valence electrons. The topological polar surface area (TPSA) is 93.1 Å². The summed E-state index contributed by atoms with van der Waals surface area (Å²) in [6.07, 6.45) is 0.0962. The molecular weight excluding hydrogens is 494 g/mol. The third-order valence-corrected chi connectivity index (χ3v) is 6.75. The molecule has 1 heterocycles. The average molecular weight is 528 g/mol. The van der Waals surface area contributed by atoms with E-state index in [0.29, 0.717) is 34.7 Å². The van der Waals surface area contributed by atoms with Crippen LogP contribution in [-0.2, 0) is 31.0 Å². The molecule has 3 aromatic rings. The lowest BCUT2D eigenvalue weighted by atomic mass is 9.85. The van der Waals surface area contributed by atoms with Gasteiger partial charge in [-0.1, -0.05) is 69.3 Å². The summed E-state index contributed by atoms with van der Waals surface area (Å²) in [5, 5.41) is 11.6. The second-order valence-electron chi connectivity index (χ2n) is 10.4. The van der Waals surface area contributed by atoms with E-state index in [1.165, 1.54) is 12.0 Å². The van der Waals surface area contributed by atoms with Gasteiger partial charge >= 0.3 is 5.97 Å². The number of anilines is 1. The molecule has 1 amide bonds. The minimum atomic E-state index is -0.870. The summed E-state index contributed by atoms with van der Waals surface area (Å²) >= 11 is 0. The van der Waals surface area contributed by atoms with Gasteiger partial charge in [-0.05, 0) is 53.3 Å². The van der Waals surface area contributed by atoms with Gasteiger partial charge in [0.15, 0.2) is 0 Å². The van der Waals surface area contributed by atoms with Crippen LogP contribution in [0.5, 0.6) is 5.75 Å². The Balaban J connectivity index is 1.86. The zero-order chi connectivity index (χ0) is 28.3. The first-order chi connectivity index (χ1) is 18.6. The van der Waals surface area contributed by atoms with Crippen molar-refractivity contribution in [2.75, 3.05) is 18.6 Å². The number of rotatable bonds is 7. The fourth-order valence-electron chi connectivity index (χ4n) is 4.71. The molecule has 7 nitrogen and oxygen atoms in total. The zero-order valence-corrected chi connectivity index (χ0v) is 22.9. The minimum absolute atomic E-state index is 0.0221. The molecule has 0 aliphatic carbocycles. The first kappa shape index (κ1) is 27.6. The Hall–Kier alpha value is -4.39. The SMILES string of the molecule is CCOC(=O)Cc1ccc(N2C(=O)C(=O)/C(=C(/O)c3cc(C(C)(C)C)ccc3OC)C2c2ccccc2)cc1. The molecule has 7 heteroatoms. The van der Waals surface area contributed by atoms with E-state index in [1.807, 2.05) is 57.2 Å². The van der Waals surface area contributed by atoms with Crippen molar-refractivity contribution in [3.8, 4) is 5.75 Å². The molecule has 0 aromatic heterocycles. The number of aliphatic hydroxyl groups excluding tert-OH is 1. The standard InChI is InChI=1S/C32H33NO6/c1-6-39-26(34)18-20-12-15-23(16-13-20)33-28(21-10-8-7-9-11-21)27(30(36)31(33)37)29(35)24-19-22(32(2,3)4)14-17-25(24)38-5/h7-17,19,28,35H,6,18H2,1-5H3/b29-27+. The predicted molar refractivity (Wildman–Crippen MR) is 150 cm³/mol. The largest absolute Gasteiger partial charge is 0.507 e. The Morgan fingerprint density at radius 2 is 1.64 bits per heavy atom. The first-order valence-electron chi connectivity index (χ1n) is 12.9. The number of esters is 1. The highest BCUT2D eigenvalue weighted by molar-refractivity contribution is 6.51. The molecule has 0 radical (unpaired) electrons. The Kier molecular flexibility index (Phi) is 7.90. The van der Waals surface area contributed by atoms with Gasteiger partial charge in [-0.25, -0.2) is 0 Å². The summed E-state index contributed by atoms with van der Waals surface area (Å²) in [6.45, 7) is 8.19. The number of aliphatic hydroxyl groups is 1. The highest BCUT2D eigenvalue weighted by atomic mass is 16.5. The number of methoxy groups -OCH3 is 1. The third kappa shape index (κ3) is 5.58. The molecule has 1 saturated heterocycles. The van der Waals surface area contributed by atoms with Crippen LogP contribution in [0.25, 0.3) is 5.76 Å². The maximum atomic E-state index is 13.5. The Bertz CT molecular complexity index is 1420. The van der Waals surface area contributed by atoms with Gasteiger partial charge in [-0.3, -0.25) is 19.3 Å². The number of ether oxygens (including phenoxy) is 2. The maximum absolute atomic E-state index is 13.5. The van der Waals surface area contributed by atoms with E-state index in [-0.39, 0.29) is 29.1 Å². The van der Waals surface area contributed by atoms with Gasteiger partial charge in [0.25, 0.3) is 11.7 Å². The van der Waals surface area contributed by atoms with Crippen molar-refractivity contribution in [2.45, 2.75) is 45.6 Å². The highest BCUT2D eigenvalue weighted by Crippen LogP contribution is 2.43. The van der Waals surface area contributed by atoms with Gasteiger partial charge in [0, 0.05) is 5.69 Å². The van der Waals surface area contributed by atoms with E-state index in [4.69, 9.17) is 9.47 Å². The zero-order valence-electron chi connectivity index (χ0n) is 22.9. The van der Waals surface area contributed by atoms with Crippen LogP contribution in [0, 0.1) is 0 Å². The third-order valence-electron chi connectivity index (χ3n) is 6.75. The summed E-state index contributed by atoms with van der Waals surface area (Å²) in [5.41, 5.74) is 2.88. The summed E-state index contributed by atoms with van der Waals surface area (Å²) in [7, 11) is 1.49. The fourth-order valence-corrected chi connectivity index (χ4v) is 4.71. The van der Waals surface area contributed by atoms with E-state index >= 15 is 0 Å². The van der Waals surface area contributed by atoms with Crippen LogP contribution in [0.1, 0.15) is 56.0 Å². The number of carbonyl (C=O) groups excluding carboxylic acids is 3. The predicted octanol–water partition coefficient (Wildman–Crippen LogP) is 5.72. The fraction of sp³-hybridized carbons (Fsp3) is 0.281. The van der Waals surface area contributed by atoms with Crippen LogP contribution in [0.3, 0.4) is 0 Å². The second kappa shape index (κ2) is 11.2. The lowest BCUT2D eigenvalue weighted by Gasteiger charge is -2.26. The Labute approximate surface area is 228 Å². The van der Waals surface area contributed by atoms with Gasteiger partial charge in [0.05, 0.1) is 37.3 Å². The van der Waals surface area contributed by atoms with Crippen LogP contribution in [-0.4, -0.2) is 36.5 Å². The lowest BCUT2D eigenvalue weighted by molar-refractivity contribution is -0.142. The number of nitrogens with zero attached hydrogens (tertiary/aromatic N) is 1. The molecule has 1 unspecified atom stereocenters. The number of Topliss-reactive ketones (excluding diaryl/α,β-unsaturated/α-hetero) is 1. The van der Waals surface area contributed by atoms with Crippen LogP contribution in [0.15, 0.2) is 78.4 Å². The van der Waals surface area contributed by atoms with Crippen LogP contribution in [0.4, 0.5) is 5.69 Å². The van der Waals surface area contributed by atoms with E-state index < -0.39 is 17.7 Å². The molecule has 4 rings (SSSR count). The van der Waals surface area contributed by atoms with Gasteiger partial charge in [0.1, 0.15) is 11.5 Å². The molecule has 1 aliphatic rings. The van der Waals surface area contributed by atoms with Gasteiger partial charge in [-0.15, -0.1) is 0 Å². The van der Waals surface area contributed by atoms with Crippen molar-refractivity contribution in [2.24, 2.45) is 0 Å². The molecule has 3 aromatic carbocycles. The van der Waals surface area contributed by atoms with E-state index in [1.54, 1.807) is 43.3 Å². The first-order valence-corrected chi connectivity index (χ1v) is 12.9. The number of carbonyl (C=O) groups is 3. The number of hydrogen-bond acceptors (Lipinski definition) is 6. The molecule has 0 bridgehead atoms. The quantitative estimate of drug-likeness (QED) is 0.183. The Morgan fingerprint density at radius 3 is 2.23 bits per heavy atom. The number of ketones is 1. The van der Waals surface area contributed by atoms with Crippen LogP contribution in [0.2, 0.25) is 0 Å². The van der Waals surface area contributed by atoms with Gasteiger partial charge in [-0.2, -0.15) is 0 Å². The molecule has 0 spiro atoms. The van der Waals surface area contributed by atoms with E-state index in [0.717, 1.165) is 5.56 Å². The summed E-state index contributed by atoms with van der Waals surface area (Å²) in [4.78, 5) is 40.3. The van der Waals surface area contributed by atoms with E-state index in [9.17, 15) is 19.5 Å². The van der Waals surface area contributed by atoms with Crippen LogP contribution >= 0.6 is 0 Å². The number of amides is 1. The monoisotopic (exact) mass is 527 g/mol. The molecule has 1 atom stereocenters. The Morgan fingerprint density at radius 1 is 0.974 bits per heavy atom. The van der Waals surface area contributed by atoms with Crippen molar-refractivity contribution in [3.63, 3.8) is 0 Å². The molecule has 1 aliphatic heterocycles. The number of benzene rings is 3. The smallest absolute Gasteiger partial charge is 0.310 e. The molecule has 1 N–H and O–H groups in total. The molecule has 1 fully saturated rings. The average Bonchev–Trinajstić information content (AvgIpc) is 3.18. The van der Waals surface area contributed by atoms with Crippen molar-refractivity contribution in [1.82, 2.24) is 0 Å². The van der Waals surface area contributed by atoms with Crippen molar-refractivity contribution in [3.05, 3.63) is 101 Å². The van der Waals surface area contributed by atoms with E-state index in [2.05, 4.69) is 0 Å². The van der Waals surface area contributed by atoms with Crippen molar-refractivity contribution in [1.29, 1.82) is 0 Å². The highest BCUT2D eigenvalue weighted by Gasteiger charge is 2.47. The van der Waals surface area contributed by atoms with Crippen LogP contribution < -0.4 is 9.64 Å². The normalized spacial score (nSPS) is 16.8. The molecule has 0 saturated carbocycles. The number of hydrogen-bond donors (Lipinski definition) is 1. The second-order valence-corrected chi connectivity index (χ2v) is 10.4. The lowest BCUT2D eigenvalue weighted by Crippen LogP contribution is -2.29. The van der Waals surface area contributed by atoms with Gasteiger partial charge in [0.2, 0.25) is 0 Å². The minimum Gasteiger partial charge on any atom is -0.507 e. The summed E-state index contributed by atoms with van der Waals surface area (Å²) in [6, 6.07) is 20.5. The molecular formula is C32H33NO6. The van der Waals surface area contributed by atoms with Gasteiger partial charge < -0.3 is 14.6 Å².